The van der Waals surface area contributed by atoms with Gasteiger partial charge >= 0.3 is 0 Å². The first-order valence-corrected chi connectivity index (χ1v) is 6.69. The van der Waals surface area contributed by atoms with Crippen LogP contribution in [-0.4, -0.2) is 34.1 Å². The Morgan fingerprint density at radius 1 is 1.50 bits per heavy atom. The van der Waals surface area contributed by atoms with Crippen molar-refractivity contribution in [2.45, 2.75) is 25.4 Å². The number of aliphatic hydroxyl groups excluding tert-OH is 1. The van der Waals surface area contributed by atoms with Crippen molar-refractivity contribution in [3.8, 4) is 0 Å². The van der Waals surface area contributed by atoms with Gasteiger partial charge in [0.15, 0.2) is 0 Å². The van der Waals surface area contributed by atoms with Crippen molar-refractivity contribution in [3.05, 3.63) is 38.3 Å². The van der Waals surface area contributed by atoms with Gasteiger partial charge in [0, 0.05) is 35.2 Å². The molecule has 0 aromatic heterocycles. The first kappa shape index (κ1) is 13.5. The van der Waals surface area contributed by atoms with E-state index in [0.717, 1.165) is 17.3 Å². The first-order chi connectivity index (χ1) is 8.61. The van der Waals surface area contributed by atoms with Gasteiger partial charge in [0.05, 0.1) is 11.5 Å². The minimum absolute atomic E-state index is 0.0816. The number of benzene rings is 1. The molecule has 0 unspecified atom stereocenters. The second kappa shape index (κ2) is 5.77. The van der Waals surface area contributed by atoms with Crippen LogP contribution < -0.4 is 0 Å². The van der Waals surface area contributed by atoms with Crippen LogP contribution in [0, 0.1) is 10.1 Å². The fourth-order valence-corrected chi connectivity index (χ4v) is 2.44. The molecule has 1 saturated carbocycles. The molecular weight excluding hydrogens is 300 g/mol. The van der Waals surface area contributed by atoms with Crippen LogP contribution in [0.2, 0.25) is 0 Å². The van der Waals surface area contributed by atoms with E-state index in [-0.39, 0.29) is 17.2 Å². The van der Waals surface area contributed by atoms with E-state index in [0.29, 0.717) is 24.7 Å². The number of hydrogen-bond donors (Lipinski definition) is 1. The number of hydrogen-bond acceptors (Lipinski definition) is 4. The fraction of sp³-hybridized carbons (Fsp3) is 0.500. The molecule has 1 N–H and O–H groups in total. The number of nitro groups is 1. The van der Waals surface area contributed by atoms with E-state index in [2.05, 4.69) is 20.8 Å². The number of halogens is 1. The molecule has 0 radical (unpaired) electrons. The van der Waals surface area contributed by atoms with E-state index < -0.39 is 0 Å². The molecule has 0 bridgehead atoms. The zero-order valence-corrected chi connectivity index (χ0v) is 11.5. The molecule has 0 spiro atoms. The third kappa shape index (κ3) is 3.28. The van der Waals surface area contributed by atoms with Crippen molar-refractivity contribution >= 4 is 21.6 Å². The summed E-state index contributed by atoms with van der Waals surface area (Å²) in [4.78, 5) is 12.7. The molecule has 1 aliphatic carbocycles. The molecule has 0 saturated heterocycles. The summed E-state index contributed by atoms with van der Waals surface area (Å²) in [5.41, 5.74) is 0.830. The van der Waals surface area contributed by atoms with Gasteiger partial charge in [-0.3, -0.25) is 15.0 Å². The van der Waals surface area contributed by atoms with Crippen LogP contribution in [0.5, 0.6) is 0 Å². The molecule has 1 fully saturated rings. The van der Waals surface area contributed by atoms with E-state index in [9.17, 15) is 10.1 Å². The SMILES string of the molecule is O=[N+]([O-])c1ccc(Br)cc1CN(CCO)C1CC1. The second-order valence-corrected chi connectivity index (χ2v) is 5.37. The molecule has 5 nitrogen and oxygen atoms in total. The van der Waals surface area contributed by atoms with Gasteiger partial charge in [-0.15, -0.1) is 0 Å². The van der Waals surface area contributed by atoms with E-state index >= 15 is 0 Å². The molecule has 1 aromatic carbocycles. The van der Waals surface area contributed by atoms with Crippen LogP contribution in [0.25, 0.3) is 0 Å². The van der Waals surface area contributed by atoms with Gasteiger partial charge in [-0.1, -0.05) is 15.9 Å². The average Bonchev–Trinajstić information content (AvgIpc) is 3.12. The zero-order chi connectivity index (χ0) is 13.1. The van der Waals surface area contributed by atoms with Crippen LogP contribution in [0.4, 0.5) is 5.69 Å². The molecule has 0 amide bonds. The second-order valence-electron chi connectivity index (χ2n) is 4.46. The van der Waals surface area contributed by atoms with Crippen LogP contribution in [0.1, 0.15) is 18.4 Å². The summed E-state index contributed by atoms with van der Waals surface area (Å²) in [6.45, 7) is 1.16. The Balaban J connectivity index is 2.20. The maximum Gasteiger partial charge on any atom is 0.273 e. The number of aliphatic hydroxyl groups is 1. The third-order valence-corrected chi connectivity index (χ3v) is 3.56. The monoisotopic (exact) mass is 314 g/mol. The molecule has 1 aliphatic rings. The van der Waals surface area contributed by atoms with E-state index in [4.69, 9.17) is 5.11 Å². The number of nitrogens with zero attached hydrogens (tertiary/aromatic N) is 2. The summed E-state index contributed by atoms with van der Waals surface area (Å²) in [5.74, 6) is 0. The Bertz CT molecular complexity index is 449. The highest BCUT2D eigenvalue weighted by atomic mass is 79.9. The van der Waals surface area contributed by atoms with Crippen molar-refractivity contribution in [1.29, 1.82) is 0 Å². The predicted molar refractivity (Wildman–Crippen MR) is 71.3 cm³/mol. The molecule has 0 heterocycles. The first-order valence-electron chi connectivity index (χ1n) is 5.89. The maximum absolute atomic E-state index is 11.0. The van der Waals surface area contributed by atoms with Crippen LogP contribution in [-0.2, 0) is 6.54 Å². The Hall–Kier alpha value is -0.980. The highest BCUT2D eigenvalue weighted by Gasteiger charge is 2.30. The van der Waals surface area contributed by atoms with Gasteiger partial charge in [-0.2, -0.15) is 0 Å². The van der Waals surface area contributed by atoms with Gasteiger partial charge in [0.25, 0.3) is 5.69 Å². The van der Waals surface area contributed by atoms with E-state index in [1.54, 1.807) is 12.1 Å². The number of rotatable bonds is 6. The largest absolute Gasteiger partial charge is 0.395 e. The highest BCUT2D eigenvalue weighted by molar-refractivity contribution is 9.10. The quantitative estimate of drug-likeness (QED) is 0.646. The molecule has 1 aromatic rings. The third-order valence-electron chi connectivity index (χ3n) is 3.06. The smallest absolute Gasteiger partial charge is 0.273 e. The van der Waals surface area contributed by atoms with Crippen molar-refractivity contribution in [1.82, 2.24) is 4.90 Å². The number of nitro benzene ring substituents is 1. The molecule has 0 atom stereocenters. The molecule has 18 heavy (non-hydrogen) atoms. The van der Waals surface area contributed by atoms with Gasteiger partial charge in [-0.05, 0) is 25.0 Å². The van der Waals surface area contributed by atoms with E-state index in [1.165, 1.54) is 6.07 Å². The van der Waals surface area contributed by atoms with Crippen molar-refractivity contribution < 1.29 is 10.0 Å². The van der Waals surface area contributed by atoms with Crippen LogP contribution in [0.15, 0.2) is 22.7 Å². The van der Waals surface area contributed by atoms with Crippen molar-refractivity contribution in [3.63, 3.8) is 0 Å². The summed E-state index contributed by atoms with van der Waals surface area (Å²) < 4.78 is 0.836. The minimum Gasteiger partial charge on any atom is -0.395 e. The molecule has 0 aliphatic heterocycles. The fourth-order valence-electron chi connectivity index (χ4n) is 2.04. The molecule has 98 valence electrons. The topological polar surface area (TPSA) is 66.6 Å². The van der Waals surface area contributed by atoms with Crippen LogP contribution in [0.3, 0.4) is 0 Å². The minimum atomic E-state index is -0.355. The summed E-state index contributed by atoms with van der Waals surface area (Å²) in [7, 11) is 0. The standard InChI is InChI=1S/C12H15BrN2O3/c13-10-1-4-12(15(17)18)9(7-10)8-14(5-6-16)11-2-3-11/h1,4,7,11,16H,2-3,5-6,8H2. The van der Waals surface area contributed by atoms with E-state index in [1.807, 2.05) is 0 Å². The van der Waals surface area contributed by atoms with Gasteiger partial charge in [0.2, 0.25) is 0 Å². The maximum atomic E-state index is 11.0. The molecule has 2 rings (SSSR count). The summed E-state index contributed by atoms with van der Waals surface area (Å²) in [6, 6.07) is 5.44. The summed E-state index contributed by atoms with van der Waals surface area (Å²) in [6.07, 6.45) is 2.23. The Labute approximate surface area is 114 Å². The van der Waals surface area contributed by atoms with Crippen LogP contribution >= 0.6 is 15.9 Å². The Kier molecular flexibility index (Phi) is 4.31. The zero-order valence-electron chi connectivity index (χ0n) is 9.88. The predicted octanol–water partition coefficient (Wildman–Crippen LogP) is 2.31. The highest BCUT2D eigenvalue weighted by Crippen LogP contribution is 2.31. The summed E-state index contributed by atoms with van der Waals surface area (Å²) >= 11 is 3.34. The lowest BCUT2D eigenvalue weighted by Crippen LogP contribution is -2.28. The lowest BCUT2D eigenvalue weighted by molar-refractivity contribution is -0.385. The van der Waals surface area contributed by atoms with Gasteiger partial charge in [0.1, 0.15) is 0 Å². The van der Waals surface area contributed by atoms with Gasteiger partial charge in [-0.25, -0.2) is 0 Å². The van der Waals surface area contributed by atoms with Gasteiger partial charge < -0.3 is 5.11 Å². The Morgan fingerprint density at radius 2 is 2.22 bits per heavy atom. The Morgan fingerprint density at radius 3 is 2.78 bits per heavy atom. The summed E-state index contributed by atoms with van der Waals surface area (Å²) in [5, 5.41) is 20.0. The molecular formula is C12H15BrN2O3. The van der Waals surface area contributed by atoms with Crippen molar-refractivity contribution in [2.24, 2.45) is 0 Å². The lowest BCUT2D eigenvalue weighted by Gasteiger charge is -2.20. The average molecular weight is 315 g/mol. The molecule has 6 heteroatoms. The normalized spacial score (nSPS) is 15.1. The van der Waals surface area contributed by atoms with Crippen molar-refractivity contribution in [2.75, 3.05) is 13.2 Å². The lowest BCUT2D eigenvalue weighted by atomic mass is 10.1.